The predicted octanol–water partition coefficient (Wildman–Crippen LogP) is 1.42. The number of methoxy groups -OCH3 is 1. The third kappa shape index (κ3) is 4.53. The first-order chi connectivity index (χ1) is 15.6. The number of nitrogens with zero attached hydrogens (tertiary/aromatic N) is 2. The molecule has 0 saturated heterocycles. The number of carbonyl (C=O) groups excluding carboxylic acids is 2. The van der Waals surface area contributed by atoms with Crippen LogP contribution in [0.3, 0.4) is 0 Å². The van der Waals surface area contributed by atoms with Gasteiger partial charge in [0.2, 0.25) is 0 Å². The number of benzene rings is 1. The van der Waals surface area contributed by atoms with Gasteiger partial charge in [-0.3, -0.25) is 19.4 Å². The number of carbonyl (C=O) groups is 2. The molecule has 9 nitrogen and oxygen atoms in total. The predicted molar refractivity (Wildman–Crippen MR) is 124 cm³/mol. The van der Waals surface area contributed by atoms with Crippen LogP contribution in [-0.2, 0) is 16.3 Å². The van der Waals surface area contributed by atoms with E-state index in [0.717, 1.165) is 5.56 Å². The maximum Gasteiger partial charge on any atom is 0.260 e. The first-order valence-corrected chi connectivity index (χ1v) is 12.6. The summed E-state index contributed by atoms with van der Waals surface area (Å²) < 4.78 is 28.0. The van der Waals surface area contributed by atoms with Gasteiger partial charge in [-0.2, -0.15) is 0 Å². The van der Waals surface area contributed by atoms with Gasteiger partial charge in [0.05, 0.1) is 30.2 Å². The highest BCUT2D eigenvalue weighted by atomic mass is 32.2. The quantitative estimate of drug-likeness (QED) is 0.577. The summed E-state index contributed by atoms with van der Waals surface area (Å²) in [5, 5.41) is 0. The topological polar surface area (TPSA) is 126 Å². The van der Waals surface area contributed by atoms with Crippen LogP contribution in [0.5, 0.6) is 5.75 Å². The molecule has 33 heavy (non-hydrogen) atoms. The zero-order valence-electron chi connectivity index (χ0n) is 18.7. The van der Waals surface area contributed by atoms with Crippen molar-refractivity contribution in [3.63, 3.8) is 0 Å². The lowest BCUT2D eigenvalue weighted by atomic mass is 9.99. The molecule has 2 aromatic rings. The van der Waals surface area contributed by atoms with E-state index in [2.05, 4.69) is 9.98 Å². The van der Waals surface area contributed by atoms with Gasteiger partial charge >= 0.3 is 0 Å². The molecule has 1 aliphatic carbocycles. The molecule has 0 saturated carbocycles. The van der Waals surface area contributed by atoms with Crippen molar-refractivity contribution in [1.29, 1.82) is 0 Å². The first-order valence-electron chi connectivity index (χ1n) is 10.5. The highest BCUT2D eigenvalue weighted by Gasteiger charge is 2.39. The smallest absolute Gasteiger partial charge is 0.260 e. The van der Waals surface area contributed by atoms with Gasteiger partial charge in [0.1, 0.15) is 21.2 Å². The van der Waals surface area contributed by atoms with E-state index < -0.39 is 15.8 Å². The van der Waals surface area contributed by atoms with Crippen molar-refractivity contribution in [1.82, 2.24) is 9.88 Å². The minimum Gasteiger partial charge on any atom is -0.496 e. The van der Waals surface area contributed by atoms with Gasteiger partial charge in [0.25, 0.3) is 5.56 Å². The number of Topliss-reactive ketones (excluding diaryl/α,β-unsaturated/α-hetero) is 2. The second-order valence-electron chi connectivity index (χ2n) is 8.51. The molecule has 174 valence electrons. The van der Waals surface area contributed by atoms with Crippen LogP contribution in [0.25, 0.3) is 0 Å². The van der Waals surface area contributed by atoms with Gasteiger partial charge in [0, 0.05) is 36.5 Å². The highest BCUT2D eigenvalue weighted by molar-refractivity contribution is 7.90. The van der Waals surface area contributed by atoms with E-state index in [4.69, 9.17) is 4.74 Å². The Morgan fingerprint density at radius 2 is 1.85 bits per heavy atom. The number of H-pyrrole nitrogens is 1. The van der Waals surface area contributed by atoms with Crippen LogP contribution in [0.15, 0.2) is 34.2 Å². The molecule has 2 heterocycles. The summed E-state index contributed by atoms with van der Waals surface area (Å²) in [6, 6.07) is 4.99. The normalized spacial score (nSPS) is 17.3. The van der Waals surface area contributed by atoms with Crippen molar-refractivity contribution >= 4 is 32.8 Å². The summed E-state index contributed by atoms with van der Waals surface area (Å²) in [4.78, 5) is 47.3. The third-order valence-corrected chi connectivity index (χ3v) is 6.99. The molecule has 10 heteroatoms. The molecule has 4 rings (SSSR count). The maximum absolute atomic E-state index is 13.0. The van der Waals surface area contributed by atoms with Gasteiger partial charge in [-0.05, 0) is 43.8 Å². The summed E-state index contributed by atoms with van der Waals surface area (Å²) in [5.41, 5.74) is 2.62. The third-order valence-electron chi connectivity index (χ3n) is 6.07. The van der Waals surface area contributed by atoms with Crippen LogP contribution >= 0.6 is 0 Å². The van der Waals surface area contributed by atoms with Crippen molar-refractivity contribution in [3.8, 4) is 5.75 Å². The van der Waals surface area contributed by atoms with E-state index in [1.54, 1.807) is 25.2 Å². The molecule has 1 N–H and O–H groups in total. The average Bonchev–Trinajstić information content (AvgIpc) is 3.27. The Morgan fingerprint density at radius 3 is 2.52 bits per heavy atom. The Balaban J connectivity index is 1.53. The van der Waals surface area contributed by atoms with Crippen LogP contribution in [0.2, 0.25) is 0 Å². The molecule has 1 atom stereocenters. The van der Waals surface area contributed by atoms with E-state index in [0.29, 0.717) is 59.8 Å². The number of aromatic amines is 1. The summed E-state index contributed by atoms with van der Waals surface area (Å²) in [7, 11) is 0.171. The Bertz CT molecular complexity index is 1340. The van der Waals surface area contributed by atoms with Gasteiger partial charge in [-0.25, -0.2) is 8.42 Å². The molecule has 0 amide bonds. The molecule has 2 aliphatic rings. The number of aromatic nitrogens is 1. The fraction of sp³-hybridized carbons (Fsp3) is 0.391. The Labute approximate surface area is 191 Å². The summed E-state index contributed by atoms with van der Waals surface area (Å²) in [6.07, 6.45) is 3.35. The van der Waals surface area contributed by atoms with E-state index in [9.17, 15) is 22.8 Å². The summed E-state index contributed by atoms with van der Waals surface area (Å²) >= 11 is 0. The van der Waals surface area contributed by atoms with Crippen LogP contribution in [0.1, 0.15) is 38.3 Å². The first kappa shape index (κ1) is 23.1. The van der Waals surface area contributed by atoms with Gasteiger partial charge in [0.15, 0.2) is 11.6 Å². The number of rotatable bonds is 8. The molecule has 1 aliphatic heterocycles. The number of nitrogens with one attached hydrogen (secondary N) is 1. The Hall–Kier alpha value is -3.11. The monoisotopic (exact) mass is 471 g/mol. The van der Waals surface area contributed by atoms with E-state index >= 15 is 0 Å². The summed E-state index contributed by atoms with van der Waals surface area (Å²) in [5.74, 6) is -0.807. The molecule has 1 unspecified atom stereocenters. The lowest BCUT2D eigenvalue weighted by Crippen LogP contribution is -2.29. The minimum atomic E-state index is -3.08. The average molecular weight is 472 g/mol. The number of hydrogen-bond donors (Lipinski definition) is 1. The number of hydrogen-bond acceptors (Lipinski definition) is 8. The zero-order valence-corrected chi connectivity index (χ0v) is 19.5. The SMILES string of the molecule is COc1cc[nH]c(=O)c1C1=Nc2cc3c(cc2C1)C(=O)C(CCN(C)CCS(C)(=O)=O)C3=O. The molecule has 0 bridgehead atoms. The van der Waals surface area contributed by atoms with Gasteiger partial charge < -0.3 is 14.6 Å². The lowest BCUT2D eigenvalue weighted by Gasteiger charge is -2.17. The lowest BCUT2D eigenvalue weighted by molar-refractivity contribution is 0.0822. The van der Waals surface area contributed by atoms with Gasteiger partial charge in [-0.15, -0.1) is 0 Å². The van der Waals surface area contributed by atoms with E-state index in [-0.39, 0.29) is 22.9 Å². The van der Waals surface area contributed by atoms with Crippen molar-refractivity contribution in [2.45, 2.75) is 12.8 Å². The maximum atomic E-state index is 13.0. The second-order valence-corrected chi connectivity index (χ2v) is 10.8. The summed E-state index contributed by atoms with van der Waals surface area (Å²) in [6.45, 7) is 0.777. The fourth-order valence-electron chi connectivity index (χ4n) is 4.24. The number of fused-ring (bicyclic) bond motifs is 2. The van der Waals surface area contributed by atoms with Crippen LogP contribution in [0, 0.1) is 5.92 Å². The molecule has 0 spiro atoms. The number of ketones is 2. The zero-order chi connectivity index (χ0) is 23.9. The number of aliphatic imine (C=N–C) groups is 1. The van der Waals surface area contributed by atoms with Crippen molar-refractivity contribution in [2.75, 3.05) is 39.3 Å². The van der Waals surface area contributed by atoms with Gasteiger partial charge in [-0.1, -0.05) is 0 Å². The molecule has 1 aromatic heterocycles. The van der Waals surface area contributed by atoms with Crippen molar-refractivity contribution in [2.24, 2.45) is 10.9 Å². The largest absolute Gasteiger partial charge is 0.496 e. The van der Waals surface area contributed by atoms with Crippen LogP contribution in [0.4, 0.5) is 5.69 Å². The standard InChI is InChI=1S/C23H25N3O6S/c1-26(8-9-33(3,30)31)7-5-14-21(27)15-10-13-11-18(25-17(13)12-16(15)22(14)28)20-19(32-2)4-6-24-23(20)29/h4,6,10,12,14H,5,7-9,11H2,1-3H3,(H,24,29). The van der Waals surface area contributed by atoms with Crippen molar-refractivity contribution < 1.29 is 22.7 Å². The molecule has 0 radical (unpaired) electrons. The number of ether oxygens (including phenoxy) is 1. The van der Waals surface area contributed by atoms with Crippen LogP contribution in [-0.4, -0.2) is 74.8 Å². The Kier molecular flexibility index (Phi) is 6.06. The molecular weight excluding hydrogens is 446 g/mol. The molecule has 0 fully saturated rings. The Morgan fingerprint density at radius 1 is 1.15 bits per heavy atom. The van der Waals surface area contributed by atoms with Crippen molar-refractivity contribution in [3.05, 3.63) is 57.0 Å². The molecular formula is C23H25N3O6S. The fourth-order valence-corrected chi connectivity index (χ4v) is 4.88. The second kappa shape index (κ2) is 8.68. The minimum absolute atomic E-state index is 0.0262. The highest BCUT2D eigenvalue weighted by Crippen LogP contribution is 2.38. The molecule has 1 aromatic carbocycles. The van der Waals surface area contributed by atoms with E-state index in [1.807, 2.05) is 4.90 Å². The van der Waals surface area contributed by atoms with E-state index in [1.165, 1.54) is 19.6 Å². The number of sulfone groups is 1. The van der Waals surface area contributed by atoms with Crippen LogP contribution < -0.4 is 10.3 Å². The number of pyridine rings is 1.